The Morgan fingerprint density at radius 3 is 2.40 bits per heavy atom. The fourth-order valence-electron chi connectivity index (χ4n) is 0.841. The Morgan fingerprint density at radius 1 is 1.10 bits per heavy atom. The molecule has 0 N–H and O–H groups in total. The second-order valence-electron chi connectivity index (χ2n) is 3.28. The fourth-order valence-corrected chi connectivity index (χ4v) is 4.55. The van der Waals surface area contributed by atoms with E-state index in [2.05, 4.69) is 62.9 Å². The van der Waals surface area contributed by atoms with Crippen LogP contribution in [0.5, 0.6) is 0 Å². The van der Waals surface area contributed by atoms with Crippen LogP contribution in [-0.4, -0.2) is 8.42 Å². The van der Waals surface area contributed by atoms with Gasteiger partial charge in [-0.1, -0.05) is 37.8 Å². The van der Waals surface area contributed by atoms with Gasteiger partial charge in [0.1, 0.15) is 4.71 Å². The highest BCUT2D eigenvalue weighted by molar-refractivity contribution is 8.23. The molecule has 110 valence electrons. The van der Waals surface area contributed by atoms with Crippen molar-refractivity contribution in [3.8, 4) is 22.3 Å². The molecule has 0 aliphatic heterocycles. The molecular formula is C15H21NS4. The average Bonchev–Trinajstić information content (AvgIpc) is 2.47. The molecule has 0 aromatic carbocycles. The van der Waals surface area contributed by atoms with E-state index in [1.807, 2.05) is 13.8 Å². The van der Waals surface area contributed by atoms with Gasteiger partial charge < -0.3 is 0 Å². The molecule has 0 amide bonds. The van der Waals surface area contributed by atoms with Gasteiger partial charge in [-0.2, -0.15) is 0 Å². The molecule has 0 heterocycles. The van der Waals surface area contributed by atoms with Gasteiger partial charge in [0.2, 0.25) is 0 Å². The van der Waals surface area contributed by atoms with Crippen LogP contribution in [0.2, 0.25) is 0 Å². The number of rotatable bonds is 8. The third-order valence-electron chi connectivity index (χ3n) is 1.65. The summed E-state index contributed by atoms with van der Waals surface area (Å²) in [5, 5.41) is 10.4. The number of hydrogen-bond acceptors (Lipinski definition) is 5. The SMILES string of the molecule is CC#CSN(SC#CCC)C(SC=CC)SC=CCC. The van der Waals surface area contributed by atoms with Crippen LogP contribution in [0.15, 0.2) is 23.0 Å². The van der Waals surface area contributed by atoms with Crippen molar-refractivity contribution in [3.05, 3.63) is 23.0 Å². The minimum Gasteiger partial charge on any atom is -0.148 e. The molecule has 0 bridgehead atoms. The van der Waals surface area contributed by atoms with E-state index in [1.165, 1.54) is 23.9 Å². The summed E-state index contributed by atoms with van der Waals surface area (Å²) >= 11 is 6.59. The maximum atomic E-state index is 3.12. The van der Waals surface area contributed by atoms with Gasteiger partial charge in [0.25, 0.3) is 0 Å². The Bertz CT molecular complexity index is 409. The van der Waals surface area contributed by atoms with Gasteiger partial charge in [0.05, 0.1) is 0 Å². The molecular weight excluding hydrogens is 322 g/mol. The van der Waals surface area contributed by atoms with Crippen LogP contribution in [0.4, 0.5) is 0 Å². The van der Waals surface area contributed by atoms with Crippen LogP contribution in [0.25, 0.3) is 0 Å². The first-order valence-corrected chi connectivity index (χ1v) is 9.83. The molecule has 1 unspecified atom stereocenters. The summed E-state index contributed by atoms with van der Waals surface area (Å²) < 4.78 is 2.39. The van der Waals surface area contributed by atoms with Gasteiger partial charge in [0.15, 0.2) is 0 Å². The van der Waals surface area contributed by atoms with E-state index in [9.17, 15) is 0 Å². The van der Waals surface area contributed by atoms with E-state index in [-0.39, 0.29) is 4.71 Å². The molecule has 0 aliphatic carbocycles. The summed E-state index contributed by atoms with van der Waals surface area (Å²) in [7, 11) is 0. The van der Waals surface area contributed by atoms with Crippen LogP contribution >= 0.6 is 47.4 Å². The molecule has 5 heteroatoms. The van der Waals surface area contributed by atoms with E-state index in [1.54, 1.807) is 23.5 Å². The molecule has 0 radical (unpaired) electrons. The number of nitrogens with zero attached hydrogens (tertiary/aromatic N) is 1. The quantitative estimate of drug-likeness (QED) is 0.295. The van der Waals surface area contributed by atoms with Crippen molar-refractivity contribution in [2.24, 2.45) is 0 Å². The summed E-state index contributed by atoms with van der Waals surface area (Å²) in [6.45, 7) is 8.08. The first-order valence-electron chi connectivity index (χ1n) is 6.39. The van der Waals surface area contributed by atoms with Gasteiger partial charge in [-0.3, -0.25) is 0 Å². The average molecular weight is 344 g/mol. The van der Waals surface area contributed by atoms with Crippen LogP contribution in [0.3, 0.4) is 0 Å². The second-order valence-corrected chi connectivity index (χ2v) is 7.35. The summed E-state index contributed by atoms with van der Waals surface area (Å²) in [4.78, 5) is 0. The normalized spacial score (nSPS) is 12.2. The molecule has 1 atom stereocenters. The van der Waals surface area contributed by atoms with Gasteiger partial charge in [-0.25, -0.2) is 0 Å². The van der Waals surface area contributed by atoms with E-state index < -0.39 is 0 Å². The largest absolute Gasteiger partial charge is 0.148 e. The predicted octanol–water partition coefficient (Wildman–Crippen LogP) is 6.14. The number of allylic oxidation sites excluding steroid dienone is 2. The number of thioether (sulfide) groups is 2. The monoisotopic (exact) mass is 343 g/mol. The summed E-state index contributed by atoms with van der Waals surface area (Å²) in [5.41, 5.74) is 0. The Kier molecular flexibility index (Phi) is 15.3. The van der Waals surface area contributed by atoms with Crippen molar-refractivity contribution in [2.75, 3.05) is 0 Å². The van der Waals surface area contributed by atoms with Gasteiger partial charge in [-0.15, -0.1) is 27.2 Å². The predicted molar refractivity (Wildman–Crippen MR) is 102 cm³/mol. The van der Waals surface area contributed by atoms with Crippen molar-refractivity contribution in [1.29, 1.82) is 0 Å². The molecule has 0 spiro atoms. The zero-order chi connectivity index (χ0) is 15.1. The van der Waals surface area contributed by atoms with Crippen LogP contribution in [0, 0.1) is 22.3 Å². The van der Waals surface area contributed by atoms with Crippen LogP contribution in [0.1, 0.15) is 40.5 Å². The third-order valence-corrected chi connectivity index (χ3v) is 6.28. The van der Waals surface area contributed by atoms with Crippen LogP contribution in [-0.2, 0) is 0 Å². The molecule has 0 rings (SSSR count). The van der Waals surface area contributed by atoms with E-state index >= 15 is 0 Å². The summed E-state index contributed by atoms with van der Waals surface area (Å²) in [6.07, 6.45) is 6.16. The van der Waals surface area contributed by atoms with E-state index in [0.29, 0.717) is 0 Å². The van der Waals surface area contributed by atoms with Crippen molar-refractivity contribution in [2.45, 2.75) is 45.2 Å². The second kappa shape index (κ2) is 15.4. The number of hydrogen-bond donors (Lipinski definition) is 0. The van der Waals surface area contributed by atoms with E-state index in [0.717, 1.165) is 12.8 Å². The van der Waals surface area contributed by atoms with Crippen LogP contribution < -0.4 is 0 Å². The van der Waals surface area contributed by atoms with Crippen molar-refractivity contribution < 1.29 is 0 Å². The van der Waals surface area contributed by atoms with Gasteiger partial charge in [0, 0.05) is 30.3 Å². The molecule has 0 aliphatic rings. The highest BCUT2D eigenvalue weighted by Crippen LogP contribution is 2.38. The molecule has 1 nitrogen and oxygen atoms in total. The molecule has 20 heavy (non-hydrogen) atoms. The Balaban J connectivity index is 4.81. The molecule has 0 aromatic heterocycles. The molecule has 0 saturated heterocycles. The third kappa shape index (κ3) is 10.7. The van der Waals surface area contributed by atoms with E-state index in [4.69, 9.17) is 0 Å². The Labute approximate surface area is 141 Å². The highest BCUT2D eigenvalue weighted by atomic mass is 32.2. The van der Waals surface area contributed by atoms with Crippen molar-refractivity contribution in [3.63, 3.8) is 0 Å². The Hall–Kier alpha value is -0.0400. The van der Waals surface area contributed by atoms with Crippen molar-refractivity contribution >= 4 is 47.4 Å². The topological polar surface area (TPSA) is 3.24 Å². The Morgan fingerprint density at radius 2 is 1.80 bits per heavy atom. The molecule has 0 aromatic rings. The maximum absolute atomic E-state index is 3.12. The zero-order valence-corrected chi connectivity index (χ0v) is 15.6. The van der Waals surface area contributed by atoms with Gasteiger partial charge in [-0.05, 0) is 41.6 Å². The standard InChI is InChI=1S/C15H21NS4/c1-5-9-13-18-15(17-11-7-3)16(19-12-8-4)20-14-10-6-2/h7,9,11,13,15H,5-6H2,1-4H3. The lowest BCUT2D eigenvalue weighted by molar-refractivity contribution is 0.875. The van der Waals surface area contributed by atoms with Gasteiger partial charge >= 0.3 is 0 Å². The summed E-state index contributed by atoms with van der Waals surface area (Å²) in [6, 6.07) is 0. The minimum atomic E-state index is 0.246. The lowest BCUT2D eigenvalue weighted by atomic mass is 10.5. The fraction of sp³-hybridized carbons (Fsp3) is 0.467. The lowest BCUT2D eigenvalue weighted by Crippen LogP contribution is -2.14. The first-order chi connectivity index (χ1) is 9.79. The minimum absolute atomic E-state index is 0.246. The zero-order valence-electron chi connectivity index (χ0n) is 12.4. The first kappa shape index (κ1) is 20.0. The van der Waals surface area contributed by atoms with Crippen molar-refractivity contribution in [1.82, 2.24) is 3.71 Å². The lowest BCUT2D eigenvalue weighted by Gasteiger charge is -2.22. The maximum Gasteiger partial charge on any atom is 0.132 e. The molecule has 0 fully saturated rings. The summed E-state index contributed by atoms with van der Waals surface area (Å²) in [5.74, 6) is 6.01. The highest BCUT2D eigenvalue weighted by Gasteiger charge is 2.18. The molecule has 0 saturated carbocycles. The smallest absolute Gasteiger partial charge is 0.132 e.